The monoisotopic (exact) mass is 653 g/mol. The molecule has 0 aliphatic heterocycles. The van der Waals surface area contributed by atoms with Crippen LogP contribution in [0.2, 0.25) is 0 Å². The number of para-hydroxylation sites is 1. The Morgan fingerprint density at radius 1 is 0.431 bits per heavy atom. The van der Waals surface area contributed by atoms with Gasteiger partial charge in [0.15, 0.2) is 0 Å². The Kier molecular flexibility index (Phi) is 6.56. The molecule has 1 aromatic heterocycles. The van der Waals surface area contributed by atoms with Gasteiger partial charge in [-0.3, -0.25) is 0 Å². The number of hydrogen-bond donors (Lipinski definition) is 0. The average Bonchev–Trinajstić information content (AvgIpc) is 3.67. The summed E-state index contributed by atoms with van der Waals surface area (Å²) in [6, 6.07) is 63.7. The van der Waals surface area contributed by atoms with E-state index in [2.05, 4.69) is 189 Å². The van der Waals surface area contributed by atoms with Gasteiger partial charge in [0.25, 0.3) is 0 Å². The third-order valence-corrected chi connectivity index (χ3v) is 10.9. The zero-order valence-electron chi connectivity index (χ0n) is 28.6. The van der Waals surface area contributed by atoms with E-state index < -0.39 is 0 Å². The van der Waals surface area contributed by atoms with E-state index >= 15 is 0 Å². The summed E-state index contributed by atoms with van der Waals surface area (Å²) in [7, 11) is 0. The fourth-order valence-corrected chi connectivity index (χ4v) is 8.22. The molecule has 8 aromatic carbocycles. The molecule has 1 heterocycles. The smallest absolute Gasteiger partial charge is 0.137 e. The van der Waals surface area contributed by atoms with Crippen LogP contribution in [0.1, 0.15) is 25.0 Å². The number of nitrogens with zero attached hydrogens (tertiary/aromatic N) is 1. The number of benzene rings is 8. The van der Waals surface area contributed by atoms with Crippen LogP contribution in [0.15, 0.2) is 180 Å². The summed E-state index contributed by atoms with van der Waals surface area (Å²) in [4.78, 5) is 2.41. The normalized spacial score (nSPS) is 13.1. The van der Waals surface area contributed by atoms with Gasteiger partial charge in [-0.15, -0.1) is 0 Å². The van der Waals surface area contributed by atoms with Crippen molar-refractivity contribution in [2.75, 3.05) is 4.90 Å². The Hall–Kier alpha value is -6.38. The fourth-order valence-electron chi connectivity index (χ4n) is 8.22. The van der Waals surface area contributed by atoms with Gasteiger partial charge in [-0.1, -0.05) is 135 Å². The highest BCUT2D eigenvalue weighted by Gasteiger charge is 2.36. The molecule has 0 radical (unpaired) electrons. The molecule has 0 N–H and O–H groups in total. The predicted octanol–water partition coefficient (Wildman–Crippen LogP) is 13.8. The molecule has 2 nitrogen and oxygen atoms in total. The van der Waals surface area contributed by atoms with Crippen molar-refractivity contribution in [3.05, 3.63) is 187 Å². The molecule has 242 valence electrons. The van der Waals surface area contributed by atoms with Crippen LogP contribution < -0.4 is 4.90 Å². The summed E-state index contributed by atoms with van der Waals surface area (Å²) in [5, 5.41) is 4.73. The van der Waals surface area contributed by atoms with E-state index in [0.29, 0.717) is 0 Å². The van der Waals surface area contributed by atoms with Gasteiger partial charge in [0.05, 0.1) is 11.1 Å². The van der Waals surface area contributed by atoms with Crippen LogP contribution in [0.4, 0.5) is 17.1 Å². The summed E-state index contributed by atoms with van der Waals surface area (Å²) in [5.41, 5.74) is 15.1. The maximum absolute atomic E-state index is 6.40. The van der Waals surface area contributed by atoms with Crippen molar-refractivity contribution in [3.8, 4) is 33.4 Å². The van der Waals surface area contributed by atoms with Gasteiger partial charge in [-0.05, 0) is 110 Å². The number of fused-ring (bicyclic) bond motifs is 7. The van der Waals surface area contributed by atoms with Crippen LogP contribution in [0, 0.1) is 0 Å². The molecule has 0 atom stereocenters. The van der Waals surface area contributed by atoms with Gasteiger partial charge in [-0.25, -0.2) is 0 Å². The second kappa shape index (κ2) is 11.3. The van der Waals surface area contributed by atoms with Crippen molar-refractivity contribution in [3.63, 3.8) is 0 Å². The van der Waals surface area contributed by atoms with E-state index in [-0.39, 0.29) is 5.41 Å². The minimum absolute atomic E-state index is 0.175. The van der Waals surface area contributed by atoms with Gasteiger partial charge >= 0.3 is 0 Å². The van der Waals surface area contributed by atoms with Gasteiger partial charge in [0, 0.05) is 22.2 Å². The standard InChI is InChI=1S/C49H35NO/c1-49(2)43-30-37(32-11-4-3-5-12-32)23-27-40(43)41-28-26-39(31-44(41)49)50(45-16-10-18-47-48(45)42-15-8-9-17-46(42)51-47)38-24-21-34(22-25-38)36-20-19-33-13-6-7-14-35(33)29-36/h3-31H,1-2H3. The van der Waals surface area contributed by atoms with Crippen molar-refractivity contribution in [2.24, 2.45) is 0 Å². The highest BCUT2D eigenvalue weighted by molar-refractivity contribution is 6.13. The van der Waals surface area contributed by atoms with E-state index in [4.69, 9.17) is 4.42 Å². The number of anilines is 3. The molecule has 0 amide bonds. The molecule has 1 aliphatic rings. The third kappa shape index (κ3) is 4.71. The summed E-state index contributed by atoms with van der Waals surface area (Å²) in [6.45, 7) is 4.73. The molecule has 0 unspecified atom stereocenters. The van der Waals surface area contributed by atoms with Gasteiger partial charge in [-0.2, -0.15) is 0 Å². The maximum Gasteiger partial charge on any atom is 0.137 e. The Balaban J connectivity index is 1.13. The zero-order chi connectivity index (χ0) is 34.1. The van der Waals surface area contributed by atoms with E-state index in [9.17, 15) is 0 Å². The highest BCUT2D eigenvalue weighted by Crippen LogP contribution is 2.52. The summed E-state index contributed by atoms with van der Waals surface area (Å²) in [5.74, 6) is 0. The average molecular weight is 654 g/mol. The van der Waals surface area contributed by atoms with Crippen molar-refractivity contribution >= 4 is 49.8 Å². The number of hydrogen-bond acceptors (Lipinski definition) is 2. The minimum Gasteiger partial charge on any atom is -0.456 e. The van der Waals surface area contributed by atoms with Crippen LogP contribution in [0.25, 0.3) is 66.1 Å². The second-order valence-corrected chi connectivity index (χ2v) is 14.2. The lowest BCUT2D eigenvalue weighted by Gasteiger charge is -2.29. The number of rotatable bonds is 5. The van der Waals surface area contributed by atoms with E-state index in [1.54, 1.807) is 0 Å². The minimum atomic E-state index is -0.175. The summed E-state index contributed by atoms with van der Waals surface area (Å²) >= 11 is 0. The van der Waals surface area contributed by atoms with Crippen LogP contribution in [-0.4, -0.2) is 0 Å². The van der Waals surface area contributed by atoms with Crippen molar-refractivity contribution in [1.82, 2.24) is 0 Å². The Bertz CT molecular complexity index is 2770. The van der Waals surface area contributed by atoms with Crippen molar-refractivity contribution in [1.29, 1.82) is 0 Å². The number of furan rings is 1. The van der Waals surface area contributed by atoms with E-state index in [0.717, 1.165) is 39.0 Å². The fraction of sp³-hybridized carbons (Fsp3) is 0.0612. The molecule has 10 rings (SSSR count). The van der Waals surface area contributed by atoms with Crippen LogP contribution in [0.3, 0.4) is 0 Å². The Morgan fingerprint density at radius 3 is 1.88 bits per heavy atom. The molecular weight excluding hydrogens is 619 g/mol. The molecule has 0 saturated heterocycles. The predicted molar refractivity (Wildman–Crippen MR) is 214 cm³/mol. The molecule has 9 aromatic rings. The lowest BCUT2D eigenvalue weighted by atomic mass is 9.81. The maximum atomic E-state index is 6.40. The zero-order valence-corrected chi connectivity index (χ0v) is 28.6. The van der Waals surface area contributed by atoms with Crippen molar-refractivity contribution in [2.45, 2.75) is 19.3 Å². The topological polar surface area (TPSA) is 16.4 Å². The van der Waals surface area contributed by atoms with Gasteiger partial charge < -0.3 is 9.32 Å². The van der Waals surface area contributed by atoms with E-state index in [1.807, 2.05) is 6.07 Å². The molecule has 0 bridgehead atoms. The SMILES string of the molecule is CC1(C)c2cc(-c3ccccc3)ccc2-c2ccc(N(c3ccc(-c4ccc5ccccc5c4)cc3)c3cccc4oc5ccccc5c34)cc21. The third-order valence-electron chi connectivity index (χ3n) is 10.9. The second-order valence-electron chi connectivity index (χ2n) is 14.2. The van der Waals surface area contributed by atoms with E-state index in [1.165, 1.54) is 55.3 Å². The lowest BCUT2D eigenvalue weighted by molar-refractivity contribution is 0.660. The Labute approximate surface area is 297 Å². The van der Waals surface area contributed by atoms with Crippen LogP contribution in [-0.2, 0) is 5.41 Å². The molecule has 2 heteroatoms. The first kappa shape index (κ1) is 29.5. The van der Waals surface area contributed by atoms with Gasteiger partial charge in [0.1, 0.15) is 11.2 Å². The molecule has 51 heavy (non-hydrogen) atoms. The summed E-state index contributed by atoms with van der Waals surface area (Å²) < 4.78 is 6.40. The highest BCUT2D eigenvalue weighted by atomic mass is 16.3. The molecular formula is C49H35NO. The largest absolute Gasteiger partial charge is 0.456 e. The molecule has 0 saturated carbocycles. The van der Waals surface area contributed by atoms with Crippen LogP contribution in [0.5, 0.6) is 0 Å². The first-order chi connectivity index (χ1) is 25.0. The first-order valence-corrected chi connectivity index (χ1v) is 17.7. The summed E-state index contributed by atoms with van der Waals surface area (Å²) in [6.07, 6.45) is 0. The van der Waals surface area contributed by atoms with Gasteiger partial charge in [0.2, 0.25) is 0 Å². The molecule has 0 fully saturated rings. The van der Waals surface area contributed by atoms with Crippen molar-refractivity contribution < 1.29 is 4.42 Å². The first-order valence-electron chi connectivity index (χ1n) is 17.7. The quantitative estimate of drug-likeness (QED) is 0.184. The Morgan fingerprint density at radius 2 is 1.04 bits per heavy atom. The lowest BCUT2D eigenvalue weighted by Crippen LogP contribution is -2.16. The van der Waals surface area contributed by atoms with Crippen LogP contribution >= 0.6 is 0 Å². The molecule has 0 spiro atoms. The molecule has 1 aliphatic carbocycles.